The molecule has 0 heterocycles. The van der Waals surface area contributed by atoms with Crippen LogP contribution in [0.5, 0.6) is 11.5 Å². The van der Waals surface area contributed by atoms with Crippen LogP contribution in [0.25, 0.3) is 0 Å². The first-order valence-electron chi connectivity index (χ1n) is 6.83. The van der Waals surface area contributed by atoms with Crippen molar-refractivity contribution in [2.45, 2.75) is 24.2 Å². The number of hydrogen-bond acceptors (Lipinski definition) is 3. The van der Waals surface area contributed by atoms with E-state index in [0.717, 1.165) is 24.0 Å². The van der Waals surface area contributed by atoms with Gasteiger partial charge in [-0.25, -0.2) is 12.8 Å². The van der Waals surface area contributed by atoms with Gasteiger partial charge in [-0.2, -0.15) is 0 Å². The molecule has 0 unspecified atom stereocenters. The summed E-state index contributed by atoms with van der Waals surface area (Å²) in [5.74, 6) is 0.375. The largest absolute Gasteiger partial charge is 0.457 e. The van der Waals surface area contributed by atoms with Crippen LogP contribution < -0.4 is 4.74 Å². The maximum atomic E-state index is 13.4. The predicted octanol–water partition coefficient (Wildman–Crippen LogP) is 4.16. The van der Waals surface area contributed by atoms with Crippen LogP contribution in [0.15, 0.2) is 35.2 Å². The third-order valence-corrected chi connectivity index (χ3v) is 5.06. The molecule has 2 aromatic carbocycles. The van der Waals surface area contributed by atoms with Gasteiger partial charge < -0.3 is 4.74 Å². The average Bonchev–Trinajstić information content (AvgIpc) is 2.85. The Bertz CT molecular complexity index is 826. The molecule has 0 atom stereocenters. The van der Waals surface area contributed by atoms with Crippen LogP contribution in [-0.2, 0) is 22.7 Å². The quantitative estimate of drug-likeness (QED) is 0.842. The fourth-order valence-electron chi connectivity index (χ4n) is 2.80. The van der Waals surface area contributed by atoms with E-state index in [1.807, 2.05) is 0 Å². The molecule has 116 valence electrons. The molecule has 0 aliphatic heterocycles. The standard InChI is InChI=1S/C16H14ClFO3S/c1-22(19,20)16-6-5-15(13-3-2-4-14(13)16)21-12-8-10(17)7-11(18)9-12/h5-9H,2-4H2,1H3. The summed E-state index contributed by atoms with van der Waals surface area (Å²) in [7, 11) is -3.27. The van der Waals surface area contributed by atoms with Crippen molar-refractivity contribution in [2.24, 2.45) is 0 Å². The first-order valence-corrected chi connectivity index (χ1v) is 9.10. The fraction of sp³-hybridized carbons (Fsp3) is 0.250. The molecular weight excluding hydrogens is 327 g/mol. The third-order valence-electron chi connectivity index (χ3n) is 3.66. The van der Waals surface area contributed by atoms with E-state index < -0.39 is 15.7 Å². The van der Waals surface area contributed by atoms with Crippen LogP contribution in [0.4, 0.5) is 4.39 Å². The topological polar surface area (TPSA) is 43.4 Å². The van der Waals surface area contributed by atoms with E-state index in [1.54, 1.807) is 12.1 Å². The highest BCUT2D eigenvalue weighted by molar-refractivity contribution is 7.90. The van der Waals surface area contributed by atoms with Gasteiger partial charge >= 0.3 is 0 Å². The van der Waals surface area contributed by atoms with Gasteiger partial charge in [-0.15, -0.1) is 0 Å². The second kappa shape index (κ2) is 5.56. The maximum Gasteiger partial charge on any atom is 0.175 e. The lowest BCUT2D eigenvalue weighted by Crippen LogP contribution is -2.03. The Morgan fingerprint density at radius 2 is 1.86 bits per heavy atom. The van der Waals surface area contributed by atoms with E-state index >= 15 is 0 Å². The lowest BCUT2D eigenvalue weighted by molar-refractivity contribution is 0.471. The SMILES string of the molecule is CS(=O)(=O)c1ccc(Oc2cc(F)cc(Cl)c2)c2c1CCC2. The highest BCUT2D eigenvalue weighted by Crippen LogP contribution is 2.37. The molecule has 0 saturated heterocycles. The Balaban J connectivity index is 2.04. The lowest BCUT2D eigenvalue weighted by atomic mass is 10.1. The van der Waals surface area contributed by atoms with E-state index in [1.165, 1.54) is 24.5 Å². The molecule has 0 bridgehead atoms. The molecule has 0 N–H and O–H groups in total. The van der Waals surface area contributed by atoms with Gasteiger partial charge in [0.25, 0.3) is 0 Å². The molecule has 0 amide bonds. The van der Waals surface area contributed by atoms with E-state index in [2.05, 4.69) is 0 Å². The van der Waals surface area contributed by atoms with Crippen LogP contribution in [0, 0.1) is 5.82 Å². The van der Waals surface area contributed by atoms with Gasteiger partial charge in [-0.3, -0.25) is 0 Å². The summed E-state index contributed by atoms with van der Waals surface area (Å²) >= 11 is 5.82. The van der Waals surface area contributed by atoms with Crippen molar-refractivity contribution >= 4 is 21.4 Å². The van der Waals surface area contributed by atoms with Crippen LogP contribution in [0.2, 0.25) is 5.02 Å². The smallest absolute Gasteiger partial charge is 0.175 e. The number of sulfone groups is 1. The number of halogens is 2. The normalized spacial score (nSPS) is 14.0. The Hall–Kier alpha value is -1.59. The number of ether oxygens (including phenoxy) is 1. The van der Waals surface area contributed by atoms with Crippen molar-refractivity contribution in [1.29, 1.82) is 0 Å². The maximum absolute atomic E-state index is 13.4. The summed E-state index contributed by atoms with van der Waals surface area (Å²) in [6, 6.07) is 7.15. The zero-order valence-electron chi connectivity index (χ0n) is 11.9. The Morgan fingerprint density at radius 3 is 2.55 bits per heavy atom. The first-order chi connectivity index (χ1) is 10.3. The van der Waals surface area contributed by atoms with Crippen LogP contribution in [-0.4, -0.2) is 14.7 Å². The predicted molar refractivity (Wildman–Crippen MR) is 83.1 cm³/mol. The minimum absolute atomic E-state index is 0.249. The van der Waals surface area contributed by atoms with Crippen molar-refractivity contribution in [3.63, 3.8) is 0 Å². The summed E-state index contributed by atoms with van der Waals surface area (Å²) in [4.78, 5) is 0.352. The fourth-order valence-corrected chi connectivity index (χ4v) is 4.00. The van der Waals surface area contributed by atoms with Crippen molar-refractivity contribution in [2.75, 3.05) is 6.26 Å². The third kappa shape index (κ3) is 2.96. The van der Waals surface area contributed by atoms with Gasteiger partial charge in [-0.1, -0.05) is 11.6 Å². The molecule has 0 saturated carbocycles. The monoisotopic (exact) mass is 340 g/mol. The van der Waals surface area contributed by atoms with Crippen molar-refractivity contribution in [3.05, 3.63) is 52.3 Å². The Labute approximate surface area is 133 Å². The van der Waals surface area contributed by atoms with E-state index in [9.17, 15) is 12.8 Å². The van der Waals surface area contributed by atoms with Crippen LogP contribution >= 0.6 is 11.6 Å². The zero-order chi connectivity index (χ0) is 15.9. The minimum Gasteiger partial charge on any atom is -0.457 e. The van der Waals surface area contributed by atoms with E-state index in [0.29, 0.717) is 22.8 Å². The number of fused-ring (bicyclic) bond motifs is 1. The molecule has 1 aliphatic rings. The summed E-state index contributed by atoms with van der Waals surface area (Å²) in [5.41, 5.74) is 1.69. The van der Waals surface area contributed by atoms with E-state index in [4.69, 9.17) is 16.3 Å². The zero-order valence-corrected chi connectivity index (χ0v) is 13.5. The number of rotatable bonds is 3. The number of hydrogen-bond donors (Lipinski definition) is 0. The summed E-state index contributed by atoms with van der Waals surface area (Å²) < 4.78 is 42.8. The van der Waals surface area contributed by atoms with Crippen molar-refractivity contribution < 1.29 is 17.5 Å². The van der Waals surface area contributed by atoms with Crippen molar-refractivity contribution in [3.8, 4) is 11.5 Å². The highest BCUT2D eigenvalue weighted by Gasteiger charge is 2.24. The highest BCUT2D eigenvalue weighted by atomic mass is 35.5. The van der Waals surface area contributed by atoms with Crippen molar-refractivity contribution in [1.82, 2.24) is 0 Å². The van der Waals surface area contributed by atoms with Crippen LogP contribution in [0.3, 0.4) is 0 Å². The molecule has 0 fully saturated rings. The van der Waals surface area contributed by atoms with Gasteiger partial charge in [0.15, 0.2) is 9.84 Å². The Kier molecular flexibility index (Phi) is 3.87. The molecule has 1 aliphatic carbocycles. The van der Waals surface area contributed by atoms with Gasteiger partial charge in [-0.05, 0) is 54.7 Å². The van der Waals surface area contributed by atoms with Crippen LogP contribution in [0.1, 0.15) is 17.5 Å². The van der Waals surface area contributed by atoms with E-state index in [-0.39, 0.29) is 5.02 Å². The molecule has 2 aromatic rings. The summed E-state index contributed by atoms with van der Waals surface area (Å²) in [6.07, 6.45) is 3.53. The average molecular weight is 341 g/mol. The second-order valence-electron chi connectivity index (χ2n) is 5.35. The lowest BCUT2D eigenvalue weighted by Gasteiger charge is -2.13. The molecule has 0 radical (unpaired) electrons. The molecule has 0 spiro atoms. The number of benzene rings is 2. The second-order valence-corrected chi connectivity index (χ2v) is 7.77. The first kappa shape index (κ1) is 15.3. The molecule has 3 rings (SSSR count). The molecule has 22 heavy (non-hydrogen) atoms. The summed E-state index contributed by atoms with van der Waals surface area (Å²) in [5, 5.41) is 0.249. The van der Waals surface area contributed by atoms with Gasteiger partial charge in [0.2, 0.25) is 0 Å². The minimum atomic E-state index is -3.27. The van der Waals surface area contributed by atoms with Gasteiger partial charge in [0.05, 0.1) is 4.90 Å². The van der Waals surface area contributed by atoms with Gasteiger partial charge in [0.1, 0.15) is 17.3 Å². The summed E-state index contributed by atoms with van der Waals surface area (Å²) in [6.45, 7) is 0. The Morgan fingerprint density at radius 1 is 1.14 bits per heavy atom. The molecule has 0 aromatic heterocycles. The van der Waals surface area contributed by atoms with Gasteiger partial charge in [0, 0.05) is 17.3 Å². The molecule has 3 nitrogen and oxygen atoms in total. The molecular formula is C16H14ClFO3S. The molecule has 6 heteroatoms.